The van der Waals surface area contributed by atoms with Gasteiger partial charge >= 0.3 is 0 Å². The van der Waals surface area contributed by atoms with Gasteiger partial charge in [0.25, 0.3) is 0 Å². The third kappa shape index (κ3) is 2.67. The summed E-state index contributed by atoms with van der Waals surface area (Å²) >= 11 is 0. The summed E-state index contributed by atoms with van der Waals surface area (Å²) < 4.78 is 5.63. The number of nitrogens with zero attached hydrogens (tertiary/aromatic N) is 2. The number of aromatic nitrogens is 1. The van der Waals surface area contributed by atoms with Crippen molar-refractivity contribution in [3.05, 3.63) is 42.1 Å². The van der Waals surface area contributed by atoms with Crippen LogP contribution in [0.3, 0.4) is 0 Å². The van der Waals surface area contributed by atoms with Gasteiger partial charge < -0.3 is 10.5 Å². The highest BCUT2D eigenvalue weighted by Crippen LogP contribution is 2.32. The molecule has 1 aromatic heterocycles. The van der Waals surface area contributed by atoms with Crippen LogP contribution < -0.4 is 5.73 Å². The maximum Gasteiger partial charge on any atom is 0.0750 e. The molecule has 0 amide bonds. The largest absolute Gasteiger partial charge is 0.378 e. The van der Waals surface area contributed by atoms with Crippen LogP contribution in [0.1, 0.15) is 25.5 Å². The van der Waals surface area contributed by atoms with E-state index in [2.05, 4.69) is 48.0 Å². The molecule has 112 valence electrons. The van der Waals surface area contributed by atoms with Gasteiger partial charge in [0.15, 0.2) is 0 Å². The summed E-state index contributed by atoms with van der Waals surface area (Å²) in [5, 5.41) is 1.17. The first kappa shape index (κ1) is 14.4. The molecule has 4 heteroatoms. The Kier molecular flexibility index (Phi) is 3.93. The van der Waals surface area contributed by atoms with Crippen LogP contribution in [0.15, 0.2) is 36.5 Å². The number of fused-ring (bicyclic) bond motifs is 1. The Labute approximate surface area is 125 Å². The normalized spacial score (nSPS) is 20.5. The van der Waals surface area contributed by atoms with Gasteiger partial charge in [-0.2, -0.15) is 0 Å². The van der Waals surface area contributed by atoms with Gasteiger partial charge in [-0.25, -0.2) is 0 Å². The van der Waals surface area contributed by atoms with Crippen LogP contribution in [0.2, 0.25) is 0 Å². The molecule has 21 heavy (non-hydrogen) atoms. The quantitative estimate of drug-likeness (QED) is 0.940. The Morgan fingerprint density at radius 3 is 2.90 bits per heavy atom. The number of para-hydroxylation sites is 1. The lowest BCUT2D eigenvalue weighted by atomic mass is 9.94. The Morgan fingerprint density at radius 2 is 2.14 bits per heavy atom. The van der Waals surface area contributed by atoms with E-state index in [4.69, 9.17) is 10.5 Å². The molecule has 1 fully saturated rings. The van der Waals surface area contributed by atoms with E-state index < -0.39 is 0 Å². The van der Waals surface area contributed by atoms with Crippen LogP contribution in [0.4, 0.5) is 0 Å². The Hall–Kier alpha value is -1.49. The first-order chi connectivity index (χ1) is 10.1. The van der Waals surface area contributed by atoms with E-state index in [-0.39, 0.29) is 11.6 Å². The predicted octanol–water partition coefficient (Wildman–Crippen LogP) is 2.35. The van der Waals surface area contributed by atoms with Crippen molar-refractivity contribution in [1.29, 1.82) is 0 Å². The van der Waals surface area contributed by atoms with Crippen molar-refractivity contribution in [2.75, 3.05) is 26.3 Å². The van der Waals surface area contributed by atoms with Gasteiger partial charge in [-0.05, 0) is 25.5 Å². The van der Waals surface area contributed by atoms with Gasteiger partial charge in [-0.3, -0.25) is 9.88 Å². The van der Waals surface area contributed by atoms with Crippen molar-refractivity contribution in [3.63, 3.8) is 0 Å². The summed E-state index contributed by atoms with van der Waals surface area (Å²) in [6, 6.07) is 10.6. The number of hydrogen-bond donors (Lipinski definition) is 1. The van der Waals surface area contributed by atoms with Crippen molar-refractivity contribution < 1.29 is 4.74 Å². The molecule has 1 aliphatic rings. The summed E-state index contributed by atoms with van der Waals surface area (Å²) in [6.07, 6.45) is 1.85. The molecule has 2 N–H and O–H groups in total. The number of nitrogens with two attached hydrogens (primary N) is 1. The molecule has 4 nitrogen and oxygen atoms in total. The Bertz CT molecular complexity index is 621. The number of hydrogen-bond acceptors (Lipinski definition) is 4. The van der Waals surface area contributed by atoms with Crippen molar-refractivity contribution in [2.24, 2.45) is 5.73 Å². The molecule has 3 rings (SSSR count). The third-order valence-electron chi connectivity index (χ3n) is 4.33. The van der Waals surface area contributed by atoms with E-state index in [9.17, 15) is 0 Å². The minimum atomic E-state index is -0.0147. The molecule has 2 aromatic rings. The van der Waals surface area contributed by atoms with Gasteiger partial charge in [-0.15, -0.1) is 0 Å². The summed E-state index contributed by atoms with van der Waals surface area (Å²) in [4.78, 5) is 7.04. The second-order valence-electron chi connectivity index (χ2n) is 6.23. The fourth-order valence-corrected chi connectivity index (χ4v) is 3.27. The molecule has 1 aromatic carbocycles. The lowest BCUT2D eigenvalue weighted by Gasteiger charge is -2.46. The predicted molar refractivity (Wildman–Crippen MR) is 85.1 cm³/mol. The van der Waals surface area contributed by atoms with E-state index in [1.807, 2.05) is 12.3 Å². The molecule has 1 saturated heterocycles. The molecule has 0 bridgehead atoms. The molecule has 0 spiro atoms. The minimum Gasteiger partial charge on any atom is -0.378 e. The molecular formula is C17H23N3O. The highest BCUT2D eigenvalue weighted by Gasteiger charge is 2.36. The highest BCUT2D eigenvalue weighted by atomic mass is 16.5. The van der Waals surface area contributed by atoms with Gasteiger partial charge in [0.2, 0.25) is 0 Å². The molecule has 1 unspecified atom stereocenters. The van der Waals surface area contributed by atoms with Crippen molar-refractivity contribution in [2.45, 2.75) is 25.4 Å². The van der Waals surface area contributed by atoms with E-state index >= 15 is 0 Å². The molecule has 0 aliphatic carbocycles. The van der Waals surface area contributed by atoms with Crippen LogP contribution in [-0.4, -0.2) is 41.7 Å². The van der Waals surface area contributed by atoms with Crippen molar-refractivity contribution in [3.8, 4) is 0 Å². The first-order valence-corrected chi connectivity index (χ1v) is 7.52. The standard InChI is InChI=1S/C17H23N3O/c1-17(2)12-21-10-9-20(17)15(11-18)14-7-3-5-13-6-4-8-19-16(13)14/h3-8,15H,9-12,18H2,1-2H3. The maximum absolute atomic E-state index is 6.14. The zero-order valence-electron chi connectivity index (χ0n) is 12.7. The number of morpholine rings is 1. The Balaban J connectivity index is 2.06. The fraction of sp³-hybridized carbons (Fsp3) is 0.471. The number of ether oxygens (including phenoxy) is 1. The SMILES string of the molecule is CC1(C)COCCN1C(CN)c1cccc2cccnc12. The van der Waals surface area contributed by atoms with Gasteiger partial charge in [0.05, 0.1) is 18.7 Å². The molecular weight excluding hydrogens is 262 g/mol. The van der Waals surface area contributed by atoms with Gasteiger partial charge in [-0.1, -0.05) is 24.3 Å². The molecule has 0 saturated carbocycles. The summed E-state index contributed by atoms with van der Waals surface area (Å²) in [6.45, 7) is 7.41. The lowest BCUT2D eigenvalue weighted by Crippen LogP contribution is -2.55. The van der Waals surface area contributed by atoms with E-state index in [1.54, 1.807) is 0 Å². The highest BCUT2D eigenvalue weighted by molar-refractivity contribution is 5.82. The van der Waals surface area contributed by atoms with Gasteiger partial charge in [0.1, 0.15) is 0 Å². The maximum atomic E-state index is 6.14. The van der Waals surface area contributed by atoms with Crippen LogP contribution in [0, 0.1) is 0 Å². The lowest BCUT2D eigenvalue weighted by molar-refractivity contribution is -0.0710. The second kappa shape index (κ2) is 5.72. The third-order valence-corrected chi connectivity index (χ3v) is 4.33. The van der Waals surface area contributed by atoms with Crippen LogP contribution in [0.5, 0.6) is 0 Å². The number of pyridine rings is 1. The summed E-state index contributed by atoms with van der Waals surface area (Å²) in [7, 11) is 0. The number of rotatable bonds is 3. The topological polar surface area (TPSA) is 51.4 Å². The average Bonchev–Trinajstić information content (AvgIpc) is 2.49. The Morgan fingerprint density at radius 1 is 1.33 bits per heavy atom. The zero-order valence-corrected chi connectivity index (χ0v) is 12.7. The van der Waals surface area contributed by atoms with E-state index in [0.717, 1.165) is 25.3 Å². The molecule has 1 aliphatic heterocycles. The average molecular weight is 285 g/mol. The number of benzene rings is 1. The second-order valence-corrected chi connectivity index (χ2v) is 6.23. The minimum absolute atomic E-state index is 0.0147. The van der Waals surface area contributed by atoms with Crippen LogP contribution in [0.25, 0.3) is 10.9 Å². The molecule has 1 atom stereocenters. The molecule has 2 heterocycles. The fourth-order valence-electron chi connectivity index (χ4n) is 3.27. The monoisotopic (exact) mass is 285 g/mol. The van der Waals surface area contributed by atoms with Crippen LogP contribution in [-0.2, 0) is 4.74 Å². The molecule has 0 radical (unpaired) electrons. The van der Waals surface area contributed by atoms with Crippen LogP contribution >= 0.6 is 0 Å². The van der Waals surface area contributed by atoms with E-state index in [1.165, 1.54) is 10.9 Å². The first-order valence-electron chi connectivity index (χ1n) is 7.52. The van der Waals surface area contributed by atoms with Crippen molar-refractivity contribution in [1.82, 2.24) is 9.88 Å². The van der Waals surface area contributed by atoms with Crippen molar-refractivity contribution >= 4 is 10.9 Å². The zero-order chi connectivity index (χ0) is 14.9. The van der Waals surface area contributed by atoms with E-state index in [0.29, 0.717) is 6.54 Å². The summed E-state index contributed by atoms with van der Waals surface area (Å²) in [5.74, 6) is 0. The van der Waals surface area contributed by atoms with Gasteiger partial charge in [0, 0.05) is 36.3 Å². The smallest absolute Gasteiger partial charge is 0.0750 e. The summed E-state index contributed by atoms with van der Waals surface area (Å²) in [5.41, 5.74) is 8.39.